The third-order valence-corrected chi connectivity index (χ3v) is 7.71. The Bertz CT molecular complexity index is 1140. The van der Waals surface area contributed by atoms with Crippen LogP contribution in [0.1, 0.15) is 31.2 Å². The molecule has 0 N–H and O–H groups in total. The molecule has 1 aromatic heterocycles. The Kier molecular flexibility index (Phi) is 6.86. The van der Waals surface area contributed by atoms with E-state index in [4.69, 9.17) is 11.6 Å². The second-order valence-electron chi connectivity index (χ2n) is 8.65. The van der Waals surface area contributed by atoms with Crippen LogP contribution in [-0.4, -0.2) is 61.4 Å². The quantitative estimate of drug-likeness (QED) is 0.629. The first-order chi connectivity index (χ1) is 15.6. The fraction of sp³-hybridized carbons (Fsp3) is 0.500. The number of sulfone groups is 1. The number of benzene rings is 1. The summed E-state index contributed by atoms with van der Waals surface area (Å²) in [6, 6.07) is 5.20. The largest absolute Gasteiger partial charge is 0.355 e. The summed E-state index contributed by atoms with van der Waals surface area (Å²) in [6.07, 6.45) is 3.79. The van der Waals surface area contributed by atoms with Crippen molar-refractivity contribution in [1.29, 1.82) is 0 Å². The van der Waals surface area contributed by atoms with Crippen LogP contribution >= 0.6 is 11.6 Å². The Hall–Kier alpha value is -2.33. The summed E-state index contributed by atoms with van der Waals surface area (Å²) in [4.78, 5) is 16.5. The molecule has 0 unspecified atom stereocenters. The summed E-state index contributed by atoms with van der Waals surface area (Å²) in [5.41, 5.74) is 0.0243. The van der Waals surface area contributed by atoms with Crippen molar-refractivity contribution < 1.29 is 22.0 Å². The highest BCUT2D eigenvalue weighted by Gasteiger charge is 2.35. The van der Waals surface area contributed by atoms with E-state index in [1.165, 1.54) is 0 Å². The molecule has 0 saturated carbocycles. The average molecular weight is 499 g/mol. The van der Waals surface area contributed by atoms with E-state index in [0.717, 1.165) is 50.5 Å². The lowest BCUT2D eigenvalue weighted by molar-refractivity contribution is -0.141. The lowest BCUT2D eigenvalue weighted by Gasteiger charge is -2.42. The van der Waals surface area contributed by atoms with Gasteiger partial charge in [-0.3, -0.25) is 4.79 Å². The summed E-state index contributed by atoms with van der Waals surface area (Å²) < 4.78 is 52.1. The third-order valence-electron chi connectivity index (χ3n) is 6.40. The van der Waals surface area contributed by atoms with E-state index in [-0.39, 0.29) is 23.9 Å². The van der Waals surface area contributed by atoms with Gasteiger partial charge >= 0.3 is 0 Å². The zero-order chi connectivity index (χ0) is 23.8. The number of hydrogen-bond acceptors (Lipinski definition) is 6. The number of aromatic nitrogens is 2. The molecule has 11 heteroatoms. The molecule has 2 saturated heterocycles. The van der Waals surface area contributed by atoms with E-state index >= 15 is 0 Å². The number of piperidine rings is 2. The van der Waals surface area contributed by atoms with E-state index in [0.29, 0.717) is 24.2 Å². The first-order valence-electron chi connectivity index (χ1n) is 10.9. The number of hydrogen-bond donors (Lipinski definition) is 0. The second kappa shape index (κ2) is 9.50. The van der Waals surface area contributed by atoms with Crippen LogP contribution in [0.15, 0.2) is 29.2 Å². The van der Waals surface area contributed by atoms with E-state index in [1.54, 1.807) is 6.07 Å². The van der Waals surface area contributed by atoms with Crippen LogP contribution in [0.4, 0.5) is 14.6 Å². The minimum absolute atomic E-state index is 0.0243. The van der Waals surface area contributed by atoms with Gasteiger partial charge in [0.05, 0.1) is 0 Å². The molecule has 0 aliphatic carbocycles. The molecule has 7 nitrogen and oxygen atoms in total. The average Bonchev–Trinajstić information content (AvgIpc) is 2.77. The lowest BCUT2D eigenvalue weighted by Crippen LogP contribution is -2.52. The smallest absolute Gasteiger partial charge is 0.226 e. The van der Waals surface area contributed by atoms with Gasteiger partial charge in [0.25, 0.3) is 0 Å². The maximum atomic E-state index is 14.5. The normalized spacial score (nSPS) is 20.4. The molecule has 2 aliphatic heterocycles. The van der Waals surface area contributed by atoms with Crippen molar-refractivity contribution in [3.05, 3.63) is 46.6 Å². The number of amides is 1. The fourth-order valence-electron chi connectivity index (χ4n) is 4.69. The molecule has 1 amide bonds. The molecule has 1 atom stereocenters. The molecule has 33 heavy (non-hydrogen) atoms. The first-order valence-corrected chi connectivity index (χ1v) is 13.1. The highest BCUT2D eigenvalue weighted by molar-refractivity contribution is 7.90. The van der Waals surface area contributed by atoms with Crippen LogP contribution in [-0.2, 0) is 21.1 Å². The minimum atomic E-state index is -3.88. The molecule has 2 aliphatic rings. The molecule has 0 spiro atoms. The summed E-state index contributed by atoms with van der Waals surface area (Å²) in [6.45, 7) is 2.09. The van der Waals surface area contributed by atoms with Crippen molar-refractivity contribution in [1.82, 2.24) is 15.1 Å². The maximum absolute atomic E-state index is 14.5. The van der Waals surface area contributed by atoms with Crippen molar-refractivity contribution in [3.8, 4) is 0 Å². The van der Waals surface area contributed by atoms with Gasteiger partial charge in [-0.05, 0) is 61.9 Å². The molecular formula is C22H25ClF2N4O3S. The highest BCUT2D eigenvalue weighted by Crippen LogP contribution is 2.30. The Morgan fingerprint density at radius 2 is 1.79 bits per heavy atom. The number of likely N-dealkylation sites (tertiary alicyclic amines) is 1. The van der Waals surface area contributed by atoms with Crippen molar-refractivity contribution >= 4 is 33.2 Å². The number of nitrogens with zero attached hydrogens (tertiary/aromatic N) is 4. The molecule has 0 radical (unpaired) electrons. The maximum Gasteiger partial charge on any atom is 0.226 e. The summed E-state index contributed by atoms with van der Waals surface area (Å²) in [5.74, 6) is -1.57. The molecule has 2 aromatic rings. The number of anilines is 1. The monoisotopic (exact) mass is 498 g/mol. The number of carbonyl (C=O) groups is 1. The molecule has 2 fully saturated rings. The minimum Gasteiger partial charge on any atom is -0.355 e. The van der Waals surface area contributed by atoms with Gasteiger partial charge in [0.15, 0.2) is 20.8 Å². The first kappa shape index (κ1) is 23.8. The van der Waals surface area contributed by atoms with Crippen LogP contribution in [0.2, 0.25) is 5.15 Å². The standard InChI is InChI=1S/C22H25ClF2N4O3S/c1-33(31,32)19-13-17(24)15(12-18(19)25)11-14-3-2-8-29(22(14)30)16-6-9-28(10-7-16)21-5-4-20(23)26-27-21/h4-5,12-14,16H,2-3,6-11H2,1H3/t14-/m1/s1. The molecule has 4 rings (SSSR count). The number of rotatable bonds is 5. The van der Waals surface area contributed by atoms with Crippen LogP contribution < -0.4 is 4.90 Å². The van der Waals surface area contributed by atoms with Gasteiger partial charge in [-0.1, -0.05) is 11.6 Å². The molecular weight excluding hydrogens is 474 g/mol. The molecule has 3 heterocycles. The van der Waals surface area contributed by atoms with Crippen molar-refractivity contribution in [2.45, 2.75) is 43.0 Å². The van der Waals surface area contributed by atoms with E-state index < -0.39 is 32.3 Å². The van der Waals surface area contributed by atoms with Crippen molar-refractivity contribution in [2.75, 3.05) is 30.8 Å². The highest BCUT2D eigenvalue weighted by atomic mass is 35.5. The van der Waals surface area contributed by atoms with Crippen LogP contribution in [0.3, 0.4) is 0 Å². The fourth-order valence-corrected chi connectivity index (χ4v) is 5.52. The van der Waals surface area contributed by atoms with Crippen LogP contribution in [0.25, 0.3) is 0 Å². The van der Waals surface area contributed by atoms with Gasteiger partial charge in [0.2, 0.25) is 5.91 Å². The SMILES string of the molecule is CS(=O)(=O)c1cc(F)c(C[C@H]2CCCN(C3CCN(c4ccc(Cl)nn4)CC3)C2=O)cc1F. The summed E-state index contributed by atoms with van der Waals surface area (Å²) in [5, 5.41) is 8.32. The summed E-state index contributed by atoms with van der Waals surface area (Å²) in [7, 11) is -3.88. The van der Waals surface area contributed by atoms with Crippen LogP contribution in [0.5, 0.6) is 0 Å². The number of carbonyl (C=O) groups excluding carboxylic acids is 1. The molecule has 1 aromatic carbocycles. The van der Waals surface area contributed by atoms with Crippen molar-refractivity contribution in [3.63, 3.8) is 0 Å². The second-order valence-corrected chi connectivity index (χ2v) is 11.0. The molecule has 178 valence electrons. The predicted octanol–water partition coefficient (Wildman–Crippen LogP) is 3.26. The van der Waals surface area contributed by atoms with Gasteiger partial charge in [-0.15, -0.1) is 10.2 Å². The zero-order valence-corrected chi connectivity index (χ0v) is 19.7. The van der Waals surface area contributed by atoms with Gasteiger partial charge in [0, 0.05) is 37.8 Å². The Balaban J connectivity index is 1.42. The van der Waals surface area contributed by atoms with E-state index in [1.807, 2.05) is 11.0 Å². The van der Waals surface area contributed by atoms with Gasteiger partial charge < -0.3 is 9.80 Å². The zero-order valence-electron chi connectivity index (χ0n) is 18.2. The lowest BCUT2D eigenvalue weighted by atomic mass is 9.88. The van der Waals surface area contributed by atoms with Gasteiger partial charge in [-0.25, -0.2) is 17.2 Å². The van der Waals surface area contributed by atoms with E-state index in [2.05, 4.69) is 15.1 Å². The Morgan fingerprint density at radius 1 is 1.06 bits per heavy atom. The van der Waals surface area contributed by atoms with E-state index in [9.17, 15) is 22.0 Å². The number of halogens is 3. The van der Waals surface area contributed by atoms with Gasteiger partial charge in [-0.2, -0.15) is 0 Å². The summed E-state index contributed by atoms with van der Waals surface area (Å²) >= 11 is 5.80. The molecule has 0 bridgehead atoms. The third kappa shape index (κ3) is 5.27. The Labute approximate surface area is 196 Å². The Morgan fingerprint density at radius 3 is 2.42 bits per heavy atom. The van der Waals surface area contributed by atoms with Crippen molar-refractivity contribution in [2.24, 2.45) is 5.92 Å². The van der Waals surface area contributed by atoms with Crippen LogP contribution in [0, 0.1) is 17.6 Å². The topological polar surface area (TPSA) is 83.5 Å². The predicted molar refractivity (Wildman–Crippen MR) is 120 cm³/mol. The van der Waals surface area contributed by atoms with Gasteiger partial charge in [0.1, 0.15) is 16.5 Å².